The molecule has 0 saturated heterocycles. The summed E-state index contributed by atoms with van der Waals surface area (Å²) in [6, 6.07) is 21.4. The van der Waals surface area contributed by atoms with Crippen molar-refractivity contribution in [3.05, 3.63) is 87.6 Å². The maximum absolute atomic E-state index is 10.3. The van der Waals surface area contributed by atoms with Gasteiger partial charge in [0.05, 0.1) is 20.3 Å². The van der Waals surface area contributed by atoms with Gasteiger partial charge < -0.3 is 9.47 Å². The van der Waals surface area contributed by atoms with E-state index >= 15 is 0 Å². The third kappa shape index (κ3) is 4.86. The number of unbranched alkanes of at least 4 members (excludes halogenated alkanes) is 2. The van der Waals surface area contributed by atoms with Gasteiger partial charge in [-0.25, -0.2) is 0 Å². The van der Waals surface area contributed by atoms with Crippen molar-refractivity contribution in [3.8, 4) is 6.07 Å². The van der Waals surface area contributed by atoms with Crippen LogP contribution in [-0.4, -0.2) is 25.3 Å². The molecule has 5 heteroatoms. The van der Waals surface area contributed by atoms with E-state index in [9.17, 15) is 5.26 Å². The summed E-state index contributed by atoms with van der Waals surface area (Å²) in [6.07, 6.45) is 3.36. The number of hydrogen-bond acceptors (Lipinski definition) is 3. The molecule has 3 rings (SSSR count). The Kier molecular flexibility index (Phi) is 8.28. The summed E-state index contributed by atoms with van der Waals surface area (Å²) in [5.74, 6) is 2.04. The molecular formula is C26H30BrNO2S. The largest absolute Gasteiger partial charge is 0.492 e. The van der Waals surface area contributed by atoms with Crippen molar-refractivity contribution in [2.24, 2.45) is 0 Å². The molecule has 2 atom stereocenters. The van der Waals surface area contributed by atoms with E-state index in [2.05, 4.69) is 58.6 Å². The zero-order chi connectivity index (χ0) is 22.3. The molecule has 0 saturated carbocycles. The van der Waals surface area contributed by atoms with Crippen LogP contribution in [0.15, 0.2) is 81.3 Å². The second kappa shape index (κ2) is 10.9. The van der Waals surface area contributed by atoms with Crippen LogP contribution in [0.25, 0.3) is 0 Å². The Bertz CT molecular complexity index is 979. The number of alkyl halides is 1. The Morgan fingerprint density at radius 1 is 0.968 bits per heavy atom. The first-order valence-electron chi connectivity index (χ1n) is 10.5. The average Bonchev–Trinajstić information content (AvgIpc) is 3.13. The molecule has 0 spiro atoms. The molecule has 0 amide bonds. The van der Waals surface area contributed by atoms with Crippen LogP contribution in [0.2, 0.25) is 0 Å². The Hall–Kier alpha value is -2.16. The van der Waals surface area contributed by atoms with Gasteiger partial charge in [0.1, 0.15) is 5.92 Å². The molecule has 2 unspecified atom stereocenters. The Morgan fingerprint density at radius 3 is 2.26 bits per heavy atom. The first-order valence-corrected chi connectivity index (χ1v) is 13.5. The molecule has 0 aromatic heterocycles. The molecule has 2 aromatic rings. The summed E-state index contributed by atoms with van der Waals surface area (Å²) >= 11 is 3.55. The number of ether oxygens (including phenoxy) is 2. The second-order valence-electron chi connectivity index (χ2n) is 7.62. The second-order valence-corrected chi connectivity index (χ2v) is 11.6. The van der Waals surface area contributed by atoms with Crippen molar-refractivity contribution >= 4 is 26.0 Å². The highest BCUT2D eigenvalue weighted by Gasteiger charge is 2.43. The minimum Gasteiger partial charge on any atom is -0.492 e. The molecule has 1 heterocycles. The summed E-state index contributed by atoms with van der Waals surface area (Å²) in [6.45, 7) is 2.10. The fourth-order valence-corrected chi connectivity index (χ4v) is 8.52. The third-order valence-electron chi connectivity index (χ3n) is 5.64. The van der Waals surface area contributed by atoms with E-state index in [1.807, 2.05) is 30.3 Å². The number of nitriles is 1. The number of hydrogen-bond donors (Lipinski definition) is 0. The smallest absolute Gasteiger partial charge is 0.171 e. The lowest BCUT2D eigenvalue weighted by molar-refractivity contribution is 0.220. The van der Waals surface area contributed by atoms with Crippen molar-refractivity contribution in [1.82, 2.24) is 0 Å². The van der Waals surface area contributed by atoms with Gasteiger partial charge in [0.15, 0.2) is 11.5 Å². The van der Waals surface area contributed by atoms with Gasteiger partial charge in [-0.3, -0.25) is 0 Å². The predicted octanol–water partition coefficient (Wildman–Crippen LogP) is 7.39. The minimum atomic E-state index is -1.63. The summed E-state index contributed by atoms with van der Waals surface area (Å²) in [4.78, 5) is 2.31. The van der Waals surface area contributed by atoms with Gasteiger partial charge in [0.2, 0.25) is 0 Å². The molecule has 164 valence electrons. The van der Waals surface area contributed by atoms with Gasteiger partial charge >= 0.3 is 0 Å². The Balaban J connectivity index is 2.22. The average molecular weight is 501 g/mol. The lowest BCUT2D eigenvalue weighted by atomic mass is 9.99. The molecule has 0 N–H and O–H groups in total. The number of benzene rings is 2. The maximum atomic E-state index is 10.3. The standard InChI is InChI=1S/C26H30BrNO2S/c1-20-12-14-22(15-13-20)31(17-9-5-8-16-27)19-24(29-2)25(30-3)26(31)23(18-28)21-10-6-4-7-11-21/h4,6-7,10-15,19,23H,5,8-9,16-17H2,1-3H3. The first-order chi connectivity index (χ1) is 15.1. The summed E-state index contributed by atoms with van der Waals surface area (Å²) in [5, 5.41) is 13.6. The van der Waals surface area contributed by atoms with Crippen LogP contribution in [0.1, 0.15) is 36.3 Å². The number of methoxy groups -OCH3 is 2. The minimum absolute atomic E-state index is 0.396. The number of halogens is 1. The molecule has 0 fully saturated rings. The summed E-state index contributed by atoms with van der Waals surface area (Å²) < 4.78 is 11.7. The lowest BCUT2D eigenvalue weighted by Crippen LogP contribution is -2.13. The topological polar surface area (TPSA) is 42.2 Å². The lowest BCUT2D eigenvalue weighted by Gasteiger charge is -2.39. The van der Waals surface area contributed by atoms with Crippen molar-refractivity contribution in [3.63, 3.8) is 0 Å². The molecule has 3 nitrogen and oxygen atoms in total. The number of nitrogens with zero attached hydrogens (tertiary/aromatic N) is 1. The molecule has 2 aromatic carbocycles. The van der Waals surface area contributed by atoms with E-state index in [-0.39, 0.29) is 0 Å². The van der Waals surface area contributed by atoms with Crippen LogP contribution in [0, 0.1) is 18.3 Å². The zero-order valence-electron chi connectivity index (χ0n) is 18.4. The van der Waals surface area contributed by atoms with Crippen LogP contribution in [-0.2, 0) is 9.47 Å². The van der Waals surface area contributed by atoms with Gasteiger partial charge in [-0.15, -0.1) is 0 Å². The molecule has 1 aliphatic heterocycles. The quantitative estimate of drug-likeness (QED) is 0.252. The number of aryl methyl sites for hydroxylation is 1. The van der Waals surface area contributed by atoms with Crippen LogP contribution in [0.3, 0.4) is 0 Å². The van der Waals surface area contributed by atoms with Crippen molar-refractivity contribution in [2.75, 3.05) is 25.3 Å². The molecular weight excluding hydrogens is 470 g/mol. The first kappa shape index (κ1) is 23.5. The van der Waals surface area contributed by atoms with Gasteiger partial charge in [0, 0.05) is 15.6 Å². The maximum Gasteiger partial charge on any atom is 0.171 e. The van der Waals surface area contributed by atoms with Gasteiger partial charge in [0.25, 0.3) is 0 Å². The normalized spacial score (nSPS) is 21.1. The fraction of sp³-hybridized carbons (Fsp3) is 0.346. The monoisotopic (exact) mass is 499 g/mol. The molecule has 0 bridgehead atoms. The number of rotatable bonds is 10. The van der Waals surface area contributed by atoms with E-state index in [0.29, 0.717) is 5.76 Å². The van der Waals surface area contributed by atoms with E-state index in [1.165, 1.54) is 10.5 Å². The van der Waals surface area contributed by atoms with Crippen LogP contribution in [0.5, 0.6) is 0 Å². The highest BCUT2D eigenvalue weighted by Crippen LogP contribution is 2.72. The van der Waals surface area contributed by atoms with Gasteiger partial charge in [-0.1, -0.05) is 70.4 Å². The van der Waals surface area contributed by atoms with E-state index in [0.717, 1.165) is 46.6 Å². The zero-order valence-corrected chi connectivity index (χ0v) is 20.8. The van der Waals surface area contributed by atoms with Crippen molar-refractivity contribution in [1.29, 1.82) is 5.26 Å². The van der Waals surface area contributed by atoms with E-state index < -0.39 is 15.9 Å². The Labute approximate surface area is 196 Å². The fourth-order valence-electron chi connectivity index (χ4n) is 4.06. The molecule has 31 heavy (non-hydrogen) atoms. The van der Waals surface area contributed by atoms with Gasteiger partial charge in [-0.2, -0.15) is 15.3 Å². The van der Waals surface area contributed by atoms with Crippen molar-refractivity contribution in [2.45, 2.75) is 37.0 Å². The number of allylic oxidation sites excluding steroid dienone is 1. The van der Waals surface area contributed by atoms with E-state index in [1.54, 1.807) is 14.2 Å². The highest BCUT2D eigenvalue weighted by molar-refractivity contribution is 9.09. The third-order valence-corrected chi connectivity index (χ3v) is 10.1. The predicted molar refractivity (Wildman–Crippen MR) is 133 cm³/mol. The van der Waals surface area contributed by atoms with Crippen LogP contribution >= 0.6 is 26.0 Å². The molecule has 0 aliphatic carbocycles. The Morgan fingerprint density at radius 2 is 1.68 bits per heavy atom. The molecule has 0 radical (unpaired) electrons. The van der Waals surface area contributed by atoms with Crippen molar-refractivity contribution < 1.29 is 9.47 Å². The van der Waals surface area contributed by atoms with Crippen LogP contribution < -0.4 is 0 Å². The van der Waals surface area contributed by atoms with Gasteiger partial charge in [-0.05, 0) is 48.1 Å². The summed E-state index contributed by atoms with van der Waals surface area (Å²) in [7, 11) is 1.73. The molecule has 1 aliphatic rings. The van der Waals surface area contributed by atoms with Crippen LogP contribution in [0.4, 0.5) is 0 Å². The SMILES string of the molecule is COC1=CS(CCCCCBr)(c2ccc(C)cc2)C(C(C#N)c2ccccc2)=C1OC. The highest BCUT2D eigenvalue weighted by atomic mass is 79.9. The van der Waals surface area contributed by atoms with E-state index in [4.69, 9.17) is 9.47 Å². The summed E-state index contributed by atoms with van der Waals surface area (Å²) in [5.41, 5.74) is 2.22.